The largest absolute Gasteiger partial charge is 0.491 e. The smallest absolute Gasteiger partial charge is 0.119 e. The molecule has 1 aromatic carbocycles. The minimum absolute atomic E-state index is 0.362. The standard InChI is InChI=1S/C16H25NO2/c1-17(14-8-4-2-5-9-14)12-15(18)13-19-16-10-6-3-7-11-16/h3,6-7,10-11,14-15,18H,2,4-5,8-9,12-13H2,1H3/t15-/m1/s1. The van der Waals surface area contributed by atoms with Gasteiger partial charge in [0.25, 0.3) is 0 Å². The highest BCUT2D eigenvalue weighted by atomic mass is 16.5. The van der Waals surface area contributed by atoms with Gasteiger partial charge in [0.15, 0.2) is 0 Å². The van der Waals surface area contributed by atoms with Crippen LogP contribution in [0.5, 0.6) is 5.75 Å². The van der Waals surface area contributed by atoms with Gasteiger partial charge in [0.05, 0.1) is 0 Å². The van der Waals surface area contributed by atoms with Crippen molar-refractivity contribution in [1.29, 1.82) is 0 Å². The van der Waals surface area contributed by atoms with Gasteiger partial charge >= 0.3 is 0 Å². The highest BCUT2D eigenvalue weighted by Crippen LogP contribution is 2.21. The number of para-hydroxylation sites is 1. The van der Waals surface area contributed by atoms with Gasteiger partial charge in [0.1, 0.15) is 18.5 Å². The summed E-state index contributed by atoms with van der Waals surface area (Å²) in [6, 6.07) is 10.3. The molecule has 1 atom stereocenters. The molecule has 0 spiro atoms. The Kier molecular flexibility index (Phi) is 5.67. The minimum atomic E-state index is -0.424. The second kappa shape index (κ2) is 7.51. The van der Waals surface area contributed by atoms with Gasteiger partial charge in [0.2, 0.25) is 0 Å². The summed E-state index contributed by atoms with van der Waals surface area (Å²) in [5.41, 5.74) is 0. The van der Waals surface area contributed by atoms with Crippen molar-refractivity contribution in [2.75, 3.05) is 20.2 Å². The molecule has 0 saturated heterocycles. The molecule has 1 aliphatic carbocycles. The molecule has 0 unspecified atom stereocenters. The second-order valence-corrected chi connectivity index (χ2v) is 5.51. The Balaban J connectivity index is 1.70. The van der Waals surface area contributed by atoms with E-state index in [4.69, 9.17) is 4.74 Å². The fourth-order valence-corrected chi connectivity index (χ4v) is 2.77. The molecule has 106 valence electrons. The average Bonchev–Trinajstić information content (AvgIpc) is 2.47. The second-order valence-electron chi connectivity index (χ2n) is 5.51. The summed E-state index contributed by atoms with van der Waals surface area (Å²) < 4.78 is 5.58. The molecule has 0 aromatic heterocycles. The molecule has 0 radical (unpaired) electrons. The van der Waals surface area contributed by atoms with E-state index in [-0.39, 0.29) is 0 Å². The zero-order chi connectivity index (χ0) is 13.5. The summed E-state index contributed by atoms with van der Waals surface area (Å²) in [5, 5.41) is 10.0. The highest BCUT2D eigenvalue weighted by molar-refractivity contribution is 5.20. The lowest BCUT2D eigenvalue weighted by Gasteiger charge is -2.32. The van der Waals surface area contributed by atoms with E-state index in [0.29, 0.717) is 19.2 Å². The molecule has 1 fully saturated rings. The number of rotatable bonds is 6. The molecular formula is C16H25NO2. The van der Waals surface area contributed by atoms with E-state index in [1.165, 1.54) is 32.1 Å². The van der Waals surface area contributed by atoms with Gasteiger partial charge < -0.3 is 14.7 Å². The van der Waals surface area contributed by atoms with Gasteiger partial charge in [-0.15, -0.1) is 0 Å². The van der Waals surface area contributed by atoms with Gasteiger partial charge in [-0.25, -0.2) is 0 Å². The minimum Gasteiger partial charge on any atom is -0.491 e. The number of aliphatic hydroxyl groups excluding tert-OH is 1. The number of aliphatic hydroxyl groups is 1. The third-order valence-corrected chi connectivity index (χ3v) is 3.88. The molecule has 3 nitrogen and oxygen atoms in total. The van der Waals surface area contributed by atoms with Crippen molar-refractivity contribution in [3.05, 3.63) is 30.3 Å². The van der Waals surface area contributed by atoms with Gasteiger partial charge in [-0.3, -0.25) is 0 Å². The molecule has 0 aliphatic heterocycles. The van der Waals surface area contributed by atoms with Gasteiger partial charge in [-0.2, -0.15) is 0 Å². The molecule has 3 heteroatoms. The number of likely N-dealkylation sites (N-methyl/N-ethyl adjacent to an activating group) is 1. The van der Waals surface area contributed by atoms with Crippen LogP contribution < -0.4 is 4.74 Å². The Hall–Kier alpha value is -1.06. The number of ether oxygens (including phenoxy) is 1. The van der Waals surface area contributed by atoms with Crippen LogP contribution in [-0.4, -0.2) is 42.4 Å². The van der Waals surface area contributed by atoms with E-state index in [1.807, 2.05) is 30.3 Å². The summed E-state index contributed by atoms with van der Waals surface area (Å²) in [6.07, 6.45) is 6.12. The van der Waals surface area contributed by atoms with Crippen molar-refractivity contribution in [2.45, 2.75) is 44.2 Å². The van der Waals surface area contributed by atoms with E-state index in [0.717, 1.165) is 5.75 Å². The van der Waals surface area contributed by atoms with Crippen LogP contribution in [0.3, 0.4) is 0 Å². The lowest BCUT2D eigenvalue weighted by molar-refractivity contribution is 0.0561. The maximum Gasteiger partial charge on any atom is 0.119 e. The van der Waals surface area contributed by atoms with E-state index in [1.54, 1.807) is 0 Å². The van der Waals surface area contributed by atoms with Crippen LogP contribution in [-0.2, 0) is 0 Å². The zero-order valence-corrected chi connectivity index (χ0v) is 11.8. The summed E-state index contributed by atoms with van der Waals surface area (Å²) in [7, 11) is 2.11. The Morgan fingerprint density at radius 1 is 1.21 bits per heavy atom. The Morgan fingerprint density at radius 3 is 2.58 bits per heavy atom. The van der Waals surface area contributed by atoms with Crippen molar-refractivity contribution < 1.29 is 9.84 Å². The van der Waals surface area contributed by atoms with Gasteiger partial charge in [-0.05, 0) is 32.0 Å². The van der Waals surface area contributed by atoms with Crippen LogP contribution >= 0.6 is 0 Å². The first-order valence-electron chi connectivity index (χ1n) is 7.32. The summed E-state index contributed by atoms with van der Waals surface area (Å²) in [6.45, 7) is 1.05. The van der Waals surface area contributed by atoms with E-state index >= 15 is 0 Å². The third-order valence-electron chi connectivity index (χ3n) is 3.88. The SMILES string of the molecule is CN(C[C@@H](O)COc1ccccc1)C1CCCCC1. The van der Waals surface area contributed by atoms with Crippen LogP contribution in [0.4, 0.5) is 0 Å². The monoisotopic (exact) mass is 263 g/mol. The van der Waals surface area contributed by atoms with Crippen LogP contribution in [0.15, 0.2) is 30.3 Å². The normalized spacial score (nSPS) is 18.5. The quantitative estimate of drug-likeness (QED) is 0.856. The van der Waals surface area contributed by atoms with Crippen molar-refractivity contribution in [3.63, 3.8) is 0 Å². The van der Waals surface area contributed by atoms with Crippen LogP contribution in [0.2, 0.25) is 0 Å². The maximum absolute atomic E-state index is 10.0. The first-order chi connectivity index (χ1) is 9.25. The molecule has 1 aliphatic rings. The van der Waals surface area contributed by atoms with Crippen molar-refractivity contribution >= 4 is 0 Å². The predicted octanol–water partition coefficient (Wildman–Crippen LogP) is 2.69. The molecule has 19 heavy (non-hydrogen) atoms. The van der Waals surface area contributed by atoms with Crippen molar-refractivity contribution in [2.24, 2.45) is 0 Å². The van der Waals surface area contributed by atoms with Crippen LogP contribution in [0, 0.1) is 0 Å². The first kappa shape index (κ1) is 14.4. The molecule has 0 heterocycles. The summed E-state index contributed by atoms with van der Waals surface area (Å²) >= 11 is 0. The number of hydrogen-bond acceptors (Lipinski definition) is 3. The topological polar surface area (TPSA) is 32.7 Å². The van der Waals surface area contributed by atoms with E-state index in [2.05, 4.69) is 11.9 Å². The number of hydrogen-bond donors (Lipinski definition) is 1. The van der Waals surface area contributed by atoms with Crippen LogP contribution in [0.25, 0.3) is 0 Å². The average molecular weight is 263 g/mol. The van der Waals surface area contributed by atoms with Crippen molar-refractivity contribution in [1.82, 2.24) is 4.90 Å². The first-order valence-corrected chi connectivity index (χ1v) is 7.32. The molecule has 1 aromatic rings. The Labute approximate surface area is 116 Å². The predicted molar refractivity (Wildman–Crippen MR) is 77.4 cm³/mol. The maximum atomic E-state index is 10.0. The summed E-state index contributed by atoms with van der Waals surface area (Å²) in [5.74, 6) is 0.821. The lowest BCUT2D eigenvalue weighted by atomic mass is 9.94. The van der Waals surface area contributed by atoms with Crippen molar-refractivity contribution in [3.8, 4) is 5.75 Å². The van der Waals surface area contributed by atoms with Gasteiger partial charge in [0, 0.05) is 12.6 Å². The molecule has 1 N–H and O–H groups in total. The van der Waals surface area contributed by atoms with E-state index < -0.39 is 6.10 Å². The molecule has 0 bridgehead atoms. The molecule has 1 saturated carbocycles. The van der Waals surface area contributed by atoms with E-state index in [9.17, 15) is 5.11 Å². The Bertz CT molecular complexity index is 349. The van der Waals surface area contributed by atoms with Gasteiger partial charge in [-0.1, -0.05) is 37.5 Å². The Morgan fingerprint density at radius 2 is 1.89 bits per heavy atom. The molecular weight excluding hydrogens is 238 g/mol. The zero-order valence-electron chi connectivity index (χ0n) is 11.8. The number of nitrogens with zero attached hydrogens (tertiary/aromatic N) is 1. The van der Waals surface area contributed by atoms with Crippen LogP contribution in [0.1, 0.15) is 32.1 Å². The molecule has 2 rings (SSSR count). The lowest BCUT2D eigenvalue weighted by Crippen LogP contribution is -2.40. The molecule has 0 amide bonds. The fourth-order valence-electron chi connectivity index (χ4n) is 2.77. The fraction of sp³-hybridized carbons (Fsp3) is 0.625. The number of benzene rings is 1. The highest BCUT2D eigenvalue weighted by Gasteiger charge is 2.20. The third kappa shape index (κ3) is 4.84. The summed E-state index contributed by atoms with van der Waals surface area (Å²) in [4.78, 5) is 2.29.